The summed E-state index contributed by atoms with van der Waals surface area (Å²) in [5.74, 6) is 0.357. The third-order valence-electron chi connectivity index (χ3n) is 5.10. The number of nitrogens with zero attached hydrogens (tertiary/aromatic N) is 5. The topological polar surface area (TPSA) is 87.8 Å². The molecule has 4 rings (SSSR count). The van der Waals surface area contributed by atoms with Crippen molar-refractivity contribution >= 4 is 22.4 Å². The smallest absolute Gasteiger partial charge is 0.406 e. The second kappa shape index (κ2) is 7.69. The van der Waals surface area contributed by atoms with Crippen LogP contribution in [0.3, 0.4) is 0 Å². The maximum Gasteiger partial charge on any atom is 0.420 e. The van der Waals surface area contributed by atoms with Crippen LogP contribution in [0.1, 0.15) is 50.7 Å². The van der Waals surface area contributed by atoms with Gasteiger partial charge in [0.15, 0.2) is 16.9 Å². The molecule has 0 aliphatic heterocycles. The molecule has 4 heterocycles. The van der Waals surface area contributed by atoms with Crippen molar-refractivity contribution in [1.82, 2.24) is 23.7 Å². The monoisotopic (exact) mass is 397 g/mol. The van der Waals surface area contributed by atoms with E-state index in [1.165, 1.54) is 10.1 Å². The Morgan fingerprint density at radius 3 is 1.93 bits per heavy atom. The van der Waals surface area contributed by atoms with Crippen molar-refractivity contribution in [2.45, 2.75) is 39.5 Å². The molecule has 8 nitrogen and oxygen atoms in total. The molecule has 0 saturated carbocycles. The van der Waals surface area contributed by atoms with Gasteiger partial charge in [-0.25, -0.2) is 19.6 Å². The van der Waals surface area contributed by atoms with Crippen LogP contribution < -0.4 is 11.4 Å². The lowest BCUT2D eigenvalue weighted by atomic mass is 10.0. The zero-order valence-corrected chi connectivity index (χ0v) is 17.9. The van der Waals surface area contributed by atoms with Crippen molar-refractivity contribution in [3.05, 3.63) is 56.7 Å². The van der Waals surface area contributed by atoms with Crippen LogP contribution in [-0.4, -0.2) is 23.7 Å². The van der Waals surface area contributed by atoms with E-state index in [0.717, 1.165) is 16.7 Å². The highest BCUT2D eigenvalue weighted by atomic mass is 16.4. The van der Waals surface area contributed by atoms with Gasteiger partial charge < -0.3 is 4.42 Å². The fourth-order valence-corrected chi connectivity index (χ4v) is 3.42. The molecule has 0 unspecified atom stereocenters. The van der Waals surface area contributed by atoms with Crippen LogP contribution >= 0.6 is 0 Å². The number of fused-ring (bicyclic) bond motifs is 2. The lowest BCUT2D eigenvalue weighted by molar-refractivity contribution is 0.524. The first-order valence-corrected chi connectivity index (χ1v) is 9.59. The molecular weight excluding hydrogens is 370 g/mol. The van der Waals surface area contributed by atoms with Gasteiger partial charge in [0, 0.05) is 39.1 Å². The number of pyridine rings is 2. The summed E-state index contributed by atoms with van der Waals surface area (Å²) in [6.45, 7) is 8.35. The van der Waals surface area contributed by atoms with Gasteiger partial charge >= 0.3 is 11.4 Å². The SMILES string of the molecule is CC(C)c1ccnc2c1n(C)c(=O)n2C.CC(C)c1ccnc2c1oc(=O)n2C. The summed E-state index contributed by atoms with van der Waals surface area (Å²) in [6.07, 6.45) is 3.46. The Bertz CT molecular complexity index is 1290. The standard InChI is InChI=1S/C11H15N3O.C10H12N2O2/c1-7(2)8-5-6-12-10-9(8)13(3)11(15)14(10)4;1-6(2)7-4-5-11-9-8(7)14-10(13)12(9)3/h5-7H,1-4H3;4-6H,1-3H3. The van der Waals surface area contributed by atoms with E-state index in [2.05, 4.69) is 37.7 Å². The molecule has 0 amide bonds. The van der Waals surface area contributed by atoms with Crippen LogP contribution in [0.4, 0.5) is 0 Å². The average Bonchev–Trinajstić information content (AvgIpc) is 3.10. The molecule has 4 aromatic heterocycles. The molecule has 4 aromatic rings. The van der Waals surface area contributed by atoms with Gasteiger partial charge in [0.05, 0.1) is 5.52 Å². The lowest BCUT2D eigenvalue weighted by Crippen LogP contribution is -2.19. The zero-order chi connectivity index (χ0) is 21.5. The molecule has 8 heteroatoms. The Balaban J connectivity index is 0.000000166. The first kappa shape index (κ1) is 20.6. The van der Waals surface area contributed by atoms with Crippen molar-refractivity contribution in [3.63, 3.8) is 0 Å². The lowest BCUT2D eigenvalue weighted by Gasteiger charge is -2.07. The van der Waals surface area contributed by atoms with Crippen LogP contribution in [0.2, 0.25) is 0 Å². The Labute approximate surface area is 168 Å². The van der Waals surface area contributed by atoms with Crippen LogP contribution in [0.5, 0.6) is 0 Å². The summed E-state index contributed by atoms with van der Waals surface area (Å²) in [5.41, 5.74) is 5.09. The van der Waals surface area contributed by atoms with Crippen molar-refractivity contribution in [2.75, 3.05) is 0 Å². The van der Waals surface area contributed by atoms with Crippen molar-refractivity contribution < 1.29 is 4.42 Å². The number of aromatic nitrogens is 5. The second-order valence-electron chi connectivity index (χ2n) is 7.76. The minimum absolute atomic E-state index is 0.0226. The van der Waals surface area contributed by atoms with Gasteiger partial charge in [0.25, 0.3) is 0 Å². The van der Waals surface area contributed by atoms with Crippen LogP contribution in [-0.2, 0) is 21.1 Å². The maximum atomic E-state index is 11.7. The number of imidazole rings is 1. The first-order valence-electron chi connectivity index (χ1n) is 9.59. The Morgan fingerprint density at radius 1 is 0.793 bits per heavy atom. The van der Waals surface area contributed by atoms with E-state index < -0.39 is 0 Å². The number of rotatable bonds is 2. The predicted octanol–water partition coefficient (Wildman–Crippen LogP) is 3.05. The summed E-state index contributed by atoms with van der Waals surface area (Å²) in [6, 6.07) is 3.86. The van der Waals surface area contributed by atoms with E-state index in [4.69, 9.17) is 4.42 Å². The van der Waals surface area contributed by atoms with Crippen LogP contribution in [0.25, 0.3) is 22.4 Å². The predicted molar refractivity (Wildman–Crippen MR) is 113 cm³/mol. The van der Waals surface area contributed by atoms with Gasteiger partial charge in [-0.05, 0) is 29.5 Å². The molecule has 0 aliphatic carbocycles. The van der Waals surface area contributed by atoms with E-state index >= 15 is 0 Å². The van der Waals surface area contributed by atoms with Crippen LogP contribution in [0.15, 0.2) is 38.5 Å². The summed E-state index contributed by atoms with van der Waals surface area (Å²) in [5, 5.41) is 0. The summed E-state index contributed by atoms with van der Waals surface area (Å²) in [7, 11) is 5.20. The minimum Gasteiger partial charge on any atom is -0.406 e. The zero-order valence-electron chi connectivity index (χ0n) is 17.9. The molecule has 0 aliphatic rings. The fourth-order valence-electron chi connectivity index (χ4n) is 3.42. The third kappa shape index (κ3) is 3.50. The average molecular weight is 397 g/mol. The van der Waals surface area contributed by atoms with Gasteiger partial charge in [0.2, 0.25) is 0 Å². The van der Waals surface area contributed by atoms with Crippen molar-refractivity contribution in [2.24, 2.45) is 21.1 Å². The fraction of sp³-hybridized carbons (Fsp3) is 0.429. The van der Waals surface area contributed by atoms with E-state index in [9.17, 15) is 9.59 Å². The summed E-state index contributed by atoms with van der Waals surface area (Å²) >= 11 is 0. The molecule has 154 valence electrons. The van der Waals surface area contributed by atoms with Gasteiger partial charge in [-0.2, -0.15) is 0 Å². The molecule has 29 heavy (non-hydrogen) atoms. The Morgan fingerprint density at radius 2 is 1.34 bits per heavy atom. The van der Waals surface area contributed by atoms with Gasteiger partial charge in [-0.3, -0.25) is 13.7 Å². The molecule has 0 saturated heterocycles. The Hall–Kier alpha value is -3.16. The van der Waals surface area contributed by atoms with E-state index in [0.29, 0.717) is 23.1 Å². The number of aryl methyl sites for hydroxylation is 3. The quantitative estimate of drug-likeness (QED) is 0.519. The minimum atomic E-state index is -0.361. The largest absolute Gasteiger partial charge is 0.420 e. The number of hydrogen-bond donors (Lipinski definition) is 0. The normalized spacial score (nSPS) is 11.5. The molecule has 0 atom stereocenters. The molecule has 0 fully saturated rings. The second-order valence-corrected chi connectivity index (χ2v) is 7.76. The van der Waals surface area contributed by atoms with Gasteiger partial charge in [-0.1, -0.05) is 27.7 Å². The molecule has 0 bridgehead atoms. The molecule has 0 N–H and O–H groups in total. The van der Waals surface area contributed by atoms with Gasteiger partial charge in [0.1, 0.15) is 0 Å². The van der Waals surface area contributed by atoms with Crippen LogP contribution in [0, 0.1) is 0 Å². The molecule has 0 aromatic carbocycles. The maximum absolute atomic E-state index is 11.7. The van der Waals surface area contributed by atoms with Crippen molar-refractivity contribution in [3.8, 4) is 0 Å². The van der Waals surface area contributed by atoms with Gasteiger partial charge in [-0.15, -0.1) is 0 Å². The van der Waals surface area contributed by atoms with E-state index in [-0.39, 0.29) is 11.4 Å². The highest BCUT2D eigenvalue weighted by Crippen LogP contribution is 2.23. The molecule has 0 spiro atoms. The molecule has 0 radical (unpaired) electrons. The highest BCUT2D eigenvalue weighted by molar-refractivity contribution is 5.76. The first-order chi connectivity index (χ1) is 13.6. The highest BCUT2D eigenvalue weighted by Gasteiger charge is 2.14. The summed E-state index contributed by atoms with van der Waals surface area (Å²) < 4.78 is 9.80. The van der Waals surface area contributed by atoms with Crippen molar-refractivity contribution in [1.29, 1.82) is 0 Å². The molecular formula is C21H27N5O3. The Kier molecular flexibility index (Phi) is 5.46. The number of oxazole rings is 1. The number of hydrogen-bond acceptors (Lipinski definition) is 5. The van der Waals surface area contributed by atoms with E-state index in [1.54, 1.807) is 42.7 Å². The third-order valence-corrected chi connectivity index (χ3v) is 5.10. The summed E-state index contributed by atoms with van der Waals surface area (Å²) in [4.78, 5) is 31.4. The van der Waals surface area contributed by atoms with E-state index in [1.807, 2.05) is 12.1 Å².